The number of hydrogen-bond acceptors (Lipinski definition) is 2. The summed E-state index contributed by atoms with van der Waals surface area (Å²) in [5, 5.41) is 0. The van der Waals surface area contributed by atoms with E-state index in [1.54, 1.807) is 6.07 Å². The standard InChI is InChI=1S/C10H10ClFO2/c1-14-7-2-3-8(9(12)6-7)10(13)4-5-11/h2-3,6H,4-5H2,1H3. The average molecular weight is 217 g/mol. The molecule has 0 N–H and O–H groups in total. The van der Waals surface area contributed by atoms with Crippen molar-refractivity contribution in [1.82, 2.24) is 0 Å². The fourth-order valence-corrected chi connectivity index (χ4v) is 1.24. The SMILES string of the molecule is COc1ccc(C(=O)CCCl)c(F)c1. The van der Waals surface area contributed by atoms with Crippen molar-refractivity contribution in [2.24, 2.45) is 0 Å². The van der Waals surface area contributed by atoms with Gasteiger partial charge in [-0.2, -0.15) is 0 Å². The number of alkyl halides is 1. The summed E-state index contributed by atoms with van der Waals surface area (Å²) in [5.74, 6) is -0.269. The Labute approximate surface area is 86.6 Å². The van der Waals surface area contributed by atoms with E-state index in [0.717, 1.165) is 0 Å². The van der Waals surface area contributed by atoms with Gasteiger partial charge in [-0.25, -0.2) is 4.39 Å². The summed E-state index contributed by atoms with van der Waals surface area (Å²) in [6, 6.07) is 4.13. The number of rotatable bonds is 4. The molecule has 0 radical (unpaired) electrons. The Morgan fingerprint density at radius 3 is 2.79 bits per heavy atom. The molecule has 4 heteroatoms. The third kappa shape index (κ3) is 2.45. The van der Waals surface area contributed by atoms with Crippen molar-refractivity contribution in [1.29, 1.82) is 0 Å². The molecule has 2 nitrogen and oxygen atoms in total. The Bertz CT molecular complexity index is 339. The summed E-state index contributed by atoms with van der Waals surface area (Å²) in [6.45, 7) is 0. The van der Waals surface area contributed by atoms with Gasteiger partial charge in [-0.05, 0) is 12.1 Å². The highest BCUT2D eigenvalue weighted by Crippen LogP contribution is 2.17. The zero-order valence-electron chi connectivity index (χ0n) is 7.72. The lowest BCUT2D eigenvalue weighted by atomic mass is 10.1. The van der Waals surface area contributed by atoms with Gasteiger partial charge in [-0.3, -0.25) is 4.79 Å². The molecule has 0 aliphatic carbocycles. The third-order valence-corrected chi connectivity index (χ3v) is 1.99. The highest BCUT2D eigenvalue weighted by atomic mass is 35.5. The highest BCUT2D eigenvalue weighted by molar-refractivity contribution is 6.19. The summed E-state index contributed by atoms with van der Waals surface area (Å²) < 4.78 is 18.1. The first kappa shape index (κ1) is 11.0. The van der Waals surface area contributed by atoms with E-state index in [2.05, 4.69) is 0 Å². The number of ether oxygens (including phenoxy) is 1. The molecule has 0 heterocycles. The van der Waals surface area contributed by atoms with Crippen molar-refractivity contribution >= 4 is 17.4 Å². The summed E-state index contributed by atoms with van der Waals surface area (Å²) in [6.07, 6.45) is 0.144. The summed E-state index contributed by atoms with van der Waals surface area (Å²) in [5.41, 5.74) is 0.0615. The molecule has 0 saturated heterocycles. The monoisotopic (exact) mass is 216 g/mol. The maximum Gasteiger partial charge on any atom is 0.167 e. The third-order valence-electron chi connectivity index (χ3n) is 1.80. The van der Waals surface area contributed by atoms with Crippen molar-refractivity contribution in [3.8, 4) is 5.75 Å². The maximum absolute atomic E-state index is 13.3. The van der Waals surface area contributed by atoms with Crippen LogP contribution < -0.4 is 4.74 Å². The predicted octanol–water partition coefficient (Wildman–Crippen LogP) is 2.65. The van der Waals surface area contributed by atoms with Crippen LogP contribution in [0.1, 0.15) is 16.8 Å². The molecule has 1 aromatic rings. The molecular weight excluding hydrogens is 207 g/mol. The Morgan fingerprint density at radius 1 is 1.57 bits per heavy atom. The molecule has 0 aliphatic heterocycles. The van der Waals surface area contributed by atoms with Gasteiger partial charge in [0, 0.05) is 18.4 Å². The van der Waals surface area contributed by atoms with Gasteiger partial charge in [0.1, 0.15) is 11.6 Å². The Morgan fingerprint density at radius 2 is 2.29 bits per heavy atom. The number of halogens is 2. The minimum Gasteiger partial charge on any atom is -0.497 e. The number of methoxy groups -OCH3 is 1. The Hall–Kier alpha value is -1.09. The maximum atomic E-state index is 13.3. The van der Waals surface area contributed by atoms with Crippen molar-refractivity contribution in [2.45, 2.75) is 6.42 Å². The van der Waals surface area contributed by atoms with Gasteiger partial charge in [0.25, 0.3) is 0 Å². The van der Waals surface area contributed by atoms with Gasteiger partial charge in [0.2, 0.25) is 0 Å². The first-order valence-electron chi connectivity index (χ1n) is 4.11. The molecular formula is C10H10ClFO2. The Kier molecular flexibility index (Phi) is 3.89. The number of carbonyl (C=O) groups is 1. The molecule has 0 bridgehead atoms. The number of carbonyl (C=O) groups excluding carboxylic acids is 1. The molecule has 0 saturated carbocycles. The van der Waals surface area contributed by atoms with Crippen LogP contribution in [0, 0.1) is 5.82 Å². The van der Waals surface area contributed by atoms with E-state index in [-0.39, 0.29) is 23.6 Å². The van der Waals surface area contributed by atoms with E-state index >= 15 is 0 Å². The molecule has 0 spiro atoms. The van der Waals surface area contributed by atoms with E-state index in [1.165, 1.54) is 19.2 Å². The fourth-order valence-electron chi connectivity index (χ4n) is 1.07. The van der Waals surface area contributed by atoms with Crippen LogP contribution in [0.2, 0.25) is 0 Å². The second-order valence-corrected chi connectivity index (χ2v) is 3.09. The van der Waals surface area contributed by atoms with Crippen molar-refractivity contribution in [3.05, 3.63) is 29.6 Å². The largest absolute Gasteiger partial charge is 0.497 e. The lowest BCUT2D eigenvalue weighted by Crippen LogP contribution is -2.03. The first-order valence-corrected chi connectivity index (χ1v) is 4.65. The summed E-state index contributed by atoms with van der Waals surface area (Å²) in [4.78, 5) is 11.3. The van der Waals surface area contributed by atoms with Crippen LogP contribution in [-0.4, -0.2) is 18.8 Å². The normalized spacial score (nSPS) is 9.93. The second kappa shape index (κ2) is 4.96. The minimum atomic E-state index is -0.570. The molecule has 1 rings (SSSR count). The Balaban J connectivity index is 2.94. The molecule has 14 heavy (non-hydrogen) atoms. The molecule has 1 aromatic carbocycles. The van der Waals surface area contributed by atoms with Gasteiger partial charge in [-0.1, -0.05) is 0 Å². The number of Topliss-reactive ketones (excluding diaryl/α,β-unsaturated/α-hetero) is 1. The van der Waals surface area contributed by atoms with Crippen molar-refractivity contribution in [3.63, 3.8) is 0 Å². The molecule has 0 aliphatic rings. The summed E-state index contributed by atoms with van der Waals surface area (Å²) in [7, 11) is 1.44. The molecule has 0 aromatic heterocycles. The van der Waals surface area contributed by atoms with E-state index in [0.29, 0.717) is 5.75 Å². The summed E-state index contributed by atoms with van der Waals surface area (Å²) >= 11 is 5.39. The van der Waals surface area contributed by atoms with E-state index in [9.17, 15) is 9.18 Å². The van der Waals surface area contributed by atoms with Gasteiger partial charge >= 0.3 is 0 Å². The predicted molar refractivity (Wildman–Crippen MR) is 52.6 cm³/mol. The average Bonchev–Trinajstić information content (AvgIpc) is 2.17. The fraction of sp³-hybridized carbons (Fsp3) is 0.300. The molecule has 0 amide bonds. The minimum absolute atomic E-state index is 0.0615. The highest BCUT2D eigenvalue weighted by Gasteiger charge is 2.11. The smallest absolute Gasteiger partial charge is 0.167 e. The van der Waals surface area contributed by atoms with Crippen molar-refractivity contribution in [2.75, 3.05) is 13.0 Å². The van der Waals surface area contributed by atoms with Gasteiger partial charge < -0.3 is 4.74 Å². The van der Waals surface area contributed by atoms with E-state index in [1.807, 2.05) is 0 Å². The van der Waals surface area contributed by atoms with Gasteiger partial charge in [0.05, 0.1) is 12.7 Å². The lowest BCUT2D eigenvalue weighted by molar-refractivity contribution is 0.0985. The van der Waals surface area contributed by atoms with Gasteiger partial charge in [-0.15, -0.1) is 11.6 Å². The van der Waals surface area contributed by atoms with Crippen molar-refractivity contribution < 1.29 is 13.9 Å². The lowest BCUT2D eigenvalue weighted by Gasteiger charge is -2.03. The first-order chi connectivity index (χ1) is 6.69. The number of hydrogen-bond donors (Lipinski definition) is 0. The van der Waals surface area contributed by atoms with Crippen LogP contribution in [0.4, 0.5) is 4.39 Å². The van der Waals surface area contributed by atoms with E-state index < -0.39 is 5.82 Å². The molecule has 0 unspecified atom stereocenters. The second-order valence-electron chi connectivity index (χ2n) is 2.71. The van der Waals surface area contributed by atoms with Crippen LogP contribution >= 0.6 is 11.6 Å². The van der Waals surface area contributed by atoms with Crippen LogP contribution in [-0.2, 0) is 0 Å². The zero-order chi connectivity index (χ0) is 10.6. The molecule has 0 fully saturated rings. The van der Waals surface area contributed by atoms with Gasteiger partial charge in [0.15, 0.2) is 5.78 Å². The molecule has 0 atom stereocenters. The van der Waals surface area contributed by atoms with Crippen LogP contribution in [0.15, 0.2) is 18.2 Å². The number of benzene rings is 1. The molecule has 76 valence electrons. The number of ketones is 1. The topological polar surface area (TPSA) is 26.3 Å². The zero-order valence-corrected chi connectivity index (χ0v) is 8.47. The quantitative estimate of drug-likeness (QED) is 0.571. The van der Waals surface area contributed by atoms with E-state index in [4.69, 9.17) is 16.3 Å². The van der Waals surface area contributed by atoms with Crippen LogP contribution in [0.5, 0.6) is 5.75 Å². The van der Waals surface area contributed by atoms with Crippen LogP contribution in [0.25, 0.3) is 0 Å². The van der Waals surface area contributed by atoms with Crippen LogP contribution in [0.3, 0.4) is 0 Å².